The normalized spacial score (nSPS) is 14.8. The maximum absolute atomic E-state index is 14.1. The molecule has 2 aromatic carbocycles. The number of fused-ring (bicyclic) bond motifs is 1. The number of rotatable bonds is 9. The van der Waals surface area contributed by atoms with Crippen LogP contribution >= 0.6 is 27.3 Å². The van der Waals surface area contributed by atoms with E-state index in [-0.39, 0.29) is 30.5 Å². The van der Waals surface area contributed by atoms with Gasteiger partial charge in [0.15, 0.2) is 16.3 Å². The van der Waals surface area contributed by atoms with Gasteiger partial charge in [0, 0.05) is 15.6 Å². The highest BCUT2D eigenvalue weighted by Gasteiger charge is 2.35. The van der Waals surface area contributed by atoms with Gasteiger partial charge in [-0.25, -0.2) is 9.79 Å². The van der Waals surface area contributed by atoms with E-state index >= 15 is 0 Å². The first-order valence-corrected chi connectivity index (χ1v) is 14.2. The molecule has 40 heavy (non-hydrogen) atoms. The van der Waals surface area contributed by atoms with E-state index < -0.39 is 12.0 Å². The molecule has 1 aliphatic heterocycles. The largest absolute Gasteiger partial charge is 0.493 e. The molecular weight excluding hydrogens is 596 g/mol. The van der Waals surface area contributed by atoms with Crippen LogP contribution in [0.3, 0.4) is 0 Å². The van der Waals surface area contributed by atoms with Crippen molar-refractivity contribution in [2.45, 2.75) is 39.8 Å². The molecule has 8 nitrogen and oxygen atoms in total. The van der Waals surface area contributed by atoms with Crippen molar-refractivity contribution >= 4 is 39.3 Å². The van der Waals surface area contributed by atoms with Gasteiger partial charge in [-0.1, -0.05) is 51.4 Å². The fraction of sp³-hybridized carbons (Fsp3) is 0.300. The zero-order valence-corrected chi connectivity index (χ0v) is 25.2. The number of hydrogen-bond acceptors (Lipinski definition) is 8. The van der Waals surface area contributed by atoms with E-state index in [2.05, 4.69) is 26.8 Å². The molecule has 4 rings (SSSR count). The second kappa shape index (κ2) is 12.6. The van der Waals surface area contributed by atoms with E-state index in [1.165, 1.54) is 23.0 Å². The summed E-state index contributed by atoms with van der Waals surface area (Å²) >= 11 is 4.70. The molecule has 2 heterocycles. The van der Waals surface area contributed by atoms with Crippen LogP contribution in [0.25, 0.3) is 6.08 Å². The molecule has 3 aromatic rings. The summed E-state index contributed by atoms with van der Waals surface area (Å²) in [5.74, 6) is 3.35. The van der Waals surface area contributed by atoms with E-state index in [1.54, 1.807) is 26.0 Å². The lowest BCUT2D eigenvalue weighted by atomic mass is 9.95. The number of esters is 1. The van der Waals surface area contributed by atoms with Crippen LogP contribution in [-0.2, 0) is 9.53 Å². The first-order valence-electron chi connectivity index (χ1n) is 12.6. The molecule has 0 saturated carbocycles. The molecule has 0 N–H and O–H groups in total. The van der Waals surface area contributed by atoms with Crippen molar-refractivity contribution in [3.05, 3.63) is 83.0 Å². The Morgan fingerprint density at radius 1 is 1.27 bits per heavy atom. The molecule has 0 spiro atoms. The second-order valence-electron chi connectivity index (χ2n) is 9.03. The van der Waals surface area contributed by atoms with Gasteiger partial charge < -0.3 is 18.9 Å². The quantitative estimate of drug-likeness (QED) is 0.260. The van der Waals surface area contributed by atoms with Crippen LogP contribution in [0, 0.1) is 12.3 Å². The third-order valence-corrected chi connectivity index (χ3v) is 7.39. The number of para-hydroxylation sites is 1. The van der Waals surface area contributed by atoms with Gasteiger partial charge in [-0.3, -0.25) is 9.36 Å². The topological polar surface area (TPSA) is 88.4 Å². The molecule has 1 aliphatic rings. The first kappa shape index (κ1) is 29.2. The molecule has 1 aromatic heterocycles. The van der Waals surface area contributed by atoms with Crippen LogP contribution in [0.2, 0.25) is 0 Å². The van der Waals surface area contributed by atoms with Crippen LogP contribution in [0.1, 0.15) is 44.9 Å². The highest BCUT2D eigenvalue weighted by atomic mass is 79.9. The Kier molecular flexibility index (Phi) is 9.17. The van der Waals surface area contributed by atoms with Crippen molar-refractivity contribution in [2.24, 2.45) is 4.99 Å². The number of carbonyl (C=O) groups excluding carboxylic acids is 1. The highest BCUT2D eigenvalue weighted by Crippen LogP contribution is 2.37. The molecule has 10 heteroatoms. The van der Waals surface area contributed by atoms with E-state index in [9.17, 15) is 9.59 Å². The number of terminal acetylenes is 1. The summed E-state index contributed by atoms with van der Waals surface area (Å²) < 4.78 is 25.4. The van der Waals surface area contributed by atoms with Gasteiger partial charge in [0.25, 0.3) is 5.56 Å². The number of ether oxygens (including phenoxy) is 4. The van der Waals surface area contributed by atoms with Gasteiger partial charge >= 0.3 is 5.97 Å². The van der Waals surface area contributed by atoms with Crippen molar-refractivity contribution in [3.8, 4) is 29.6 Å². The number of thiazole rings is 1. The minimum absolute atomic E-state index is 0.0226. The Labute approximate surface area is 244 Å². The third-order valence-electron chi connectivity index (χ3n) is 5.95. The van der Waals surface area contributed by atoms with Crippen LogP contribution in [0.4, 0.5) is 0 Å². The lowest BCUT2D eigenvalue weighted by molar-refractivity contribution is -0.139. The van der Waals surface area contributed by atoms with Crippen molar-refractivity contribution in [1.82, 2.24) is 4.57 Å². The fourth-order valence-electron chi connectivity index (χ4n) is 4.41. The van der Waals surface area contributed by atoms with Crippen LogP contribution in [-0.4, -0.2) is 37.0 Å². The molecule has 0 bridgehead atoms. The fourth-order valence-corrected chi connectivity index (χ4v) is 5.90. The summed E-state index contributed by atoms with van der Waals surface area (Å²) in [5, 5.41) is 0. The number of carbonyl (C=O) groups is 1. The summed E-state index contributed by atoms with van der Waals surface area (Å²) in [5.41, 5.74) is 1.67. The van der Waals surface area contributed by atoms with E-state index in [0.717, 1.165) is 4.47 Å². The molecule has 1 atom stereocenters. The number of nitrogens with zero attached hydrogens (tertiary/aromatic N) is 2. The average Bonchev–Trinajstić information content (AvgIpc) is 3.21. The Bertz CT molecular complexity index is 1700. The second-order valence-corrected chi connectivity index (χ2v) is 11.0. The number of methoxy groups -OCH3 is 1. The SMILES string of the molecule is C#CCOc1c(/C=c2\sc3n(c2=O)[C@H](c2ccccc2OC(C)C)C(C(=O)OCC)=C(C)N=3)cc(Br)cc1OC. The molecule has 0 unspecified atom stereocenters. The summed E-state index contributed by atoms with van der Waals surface area (Å²) in [7, 11) is 1.53. The maximum Gasteiger partial charge on any atom is 0.338 e. The highest BCUT2D eigenvalue weighted by molar-refractivity contribution is 9.10. The lowest BCUT2D eigenvalue weighted by Crippen LogP contribution is -2.40. The molecule has 0 amide bonds. The molecule has 0 fully saturated rings. The summed E-state index contributed by atoms with van der Waals surface area (Å²) in [4.78, 5) is 32.4. The molecule has 0 aliphatic carbocycles. The first-order chi connectivity index (χ1) is 19.2. The number of halogens is 1. The summed E-state index contributed by atoms with van der Waals surface area (Å²) in [6, 6.07) is 10.1. The minimum Gasteiger partial charge on any atom is -0.493 e. The molecule has 0 radical (unpaired) electrons. The summed E-state index contributed by atoms with van der Waals surface area (Å²) in [6.07, 6.45) is 7.01. The lowest BCUT2D eigenvalue weighted by Gasteiger charge is -2.26. The molecule has 208 valence electrons. The standard InChI is InChI=1S/C30H29BrN2O6S/c1-7-13-38-27-19(14-20(31)16-23(27)36-6)15-24-28(34)33-26(21-11-9-10-12-22(21)39-17(3)4)25(29(35)37-8-2)18(5)32-30(33)40-24/h1,9-12,14-17,26H,8,13H2,2-6H3/b24-15-/t26-/m1/s1. The summed E-state index contributed by atoms with van der Waals surface area (Å²) in [6.45, 7) is 7.52. The monoisotopic (exact) mass is 624 g/mol. The van der Waals surface area contributed by atoms with Gasteiger partial charge in [-0.2, -0.15) is 0 Å². The predicted molar refractivity (Wildman–Crippen MR) is 158 cm³/mol. The smallest absolute Gasteiger partial charge is 0.338 e. The Balaban J connectivity index is 2.00. The van der Waals surface area contributed by atoms with E-state index in [1.807, 2.05) is 44.2 Å². The van der Waals surface area contributed by atoms with Crippen molar-refractivity contribution < 1.29 is 23.7 Å². The average molecular weight is 626 g/mol. The third kappa shape index (κ3) is 5.86. The minimum atomic E-state index is -0.804. The number of benzene rings is 2. The maximum atomic E-state index is 14.1. The number of allylic oxidation sites excluding steroid dienone is 1. The van der Waals surface area contributed by atoms with Crippen LogP contribution in [0.15, 0.2) is 61.9 Å². The molecular formula is C30H29BrN2O6S. The number of hydrogen-bond donors (Lipinski definition) is 0. The van der Waals surface area contributed by atoms with Gasteiger partial charge in [0.05, 0.1) is 35.6 Å². The van der Waals surface area contributed by atoms with Gasteiger partial charge in [-0.05, 0) is 52.0 Å². The zero-order chi connectivity index (χ0) is 29.0. The predicted octanol–water partition coefficient (Wildman–Crippen LogP) is 4.37. The van der Waals surface area contributed by atoms with Crippen molar-refractivity contribution in [1.29, 1.82) is 0 Å². The van der Waals surface area contributed by atoms with Crippen molar-refractivity contribution in [3.63, 3.8) is 0 Å². The Hall–Kier alpha value is -3.81. The van der Waals surface area contributed by atoms with Gasteiger partial charge in [0.1, 0.15) is 18.4 Å². The van der Waals surface area contributed by atoms with Crippen LogP contribution in [0.5, 0.6) is 17.2 Å². The Morgan fingerprint density at radius 3 is 2.70 bits per heavy atom. The van der Waals surface area contributed by atoms with Gasteiger partial charge in [-0.15, -0.1) is 6.42 Å². The van der Waals surface area contributed by atoms with Crippen molar-refractivity contribution in [2.75, 3.05) is 20.3 Å². The zero-order valence-electron chi connectivity index (χ0n) is 22.8. The Morgan fingerprint density at radius 2 is 2.02 bits per heavy atom. The van der Waals surface area contributed by atoms with E-state index in [0.29, 0.717) is 43.4 Å². The van der Waals surface area contributed by atoms with E-state index in [4.69, 9.17) is 25.4 Å². The van der Waals surface area contributed by atoms with Crippen LogP contribution < -0.4 is 29.1 Å². The van der Waals surface area contributed by atoms with Gasteiger partial charge in [0.2, 0.25) is 0 Å². The number of aromatic nitrogens is 1. The molecule has 0 saturated heterocycles.